The largest absolute Gasteiger partial charge is 0.392 e. The second kappa shape index (κ2) is 10.6. The first-order chi connectivity index (χ1) is 17.8. The summed E-state index contributed by atoms with van der Waals surface area (Å²) in [6, 6.07) is 9.13. The number of benzene rings is 2. The van der Waals surface area contributed by atoms with E-state index >= 15 is 0 Å². The molecule has 3 aliphatic rings. The van der Waals surface area contributed by atoms with Crippen LogP contribution in [0, 0.1) is 24.1 Å². The van der Waals surface area contributed by atoms with E-state index in [1.807, 2.05) is 12.1 Å². The molecule has 1 spiro atoms. The molecule has 194 valence electrons. The predicted molar refractivity (Wildman–Crippen MR) is 139 cm³/mol. The van der Waals surface area contributed by atoms with Gasteiger partial charge in [0.2, 0.25) is 5.91 Å². The highest BCUT2D eigenvalue weighted by Gasteiger charge is 2.41. The van der Waals surface area contributed by atoms with E-state index in [1.54, 1.807) is 4.90 Å². The van der Waals surface area contributed by atoms with Gasteiger partial charge in [0.15, 0.2) is 5.69 Å². The summed E-state index contributed by atoms with van der Waals surface area (Å²) in [7, 11) is 0. The number of nitrogens with one attached hydrogen (secondary N) is 1. The fraction of sp³-hybridized carbons (Fsp3) is 0.448. The second-order valence-electron chi connectivity index (χ2n) is 10.5. The normalized spacial score (nSPS) is 20.5. The van der Waals surface area contributed by atoms with Crippen LogP contribution in [0.15, 0.2) is 42.5 Å². The van der Waals surface area contributed by atoms with E-state index in [0.29, 0.717) is 30.9 Å². The molecular weight excluding hydrogens is 474 g/mol. The average Bonchev–Trinajstić information content (AvgIpc) is 3.25. The van der Waals surface area contributed by atoms with Gasteiger partial charge in [-0.3, -0.25) is 4.79 Å². The summed E-state index contributed by atoms with van der Waals surface area (Å²) in [5.74, 6) is -1.40. The van der Waals surface area contributed by atoms with Crippen LogP contribution in [0.3, 0.4) is 0 Å². The van der Waals surface area contributed by atoms with Gasteiger partial charge in [0.25, 0.3) is 0 Å². The third-order valence-electron chi connectivity index (χ3n) is 8.28. The van der Waals surface area contributed by atoms with Crippen molar-refractivity contribution in [1.29, 1.82) is 0 Å². The number of halogens is 2. The topological polar surface area (TPSA) is 60.2 Å². The lowest BCUT2D eigenvalue weighted by atomic mass is 9.74. The summed E-state index contributed by atoms with van der Waals surface area (Å²) in [4.78, 5) is 20.2. The van der Waals surface area contributed by atoms with Crippen molar-refractivity contribution in [2.75, 3.05) is 44.6 Å². The van der Waals surface area contributed by atoms with Crippen molar-refractivity contribution in [3.05, 3.63) is 76.7 Å². The van der Waals surface area contributed by atoms with Crippen molar-refractivity contribution < 1.29 is 18.7 Å². The first-order valence-electron chi connectivity index (χ1n) is 12.9. The summed E-state index contributed by atoms with van der Waals surface area (Å²) in [5.41, 5.74) is 3.47. The minimum Gasteiger partial charge on any atom is -0.392 e. The molecule has 0 radical (unpaired) electrons. The smallest absolute Gasteiger partial charge is 0.246 e. The number of piperidine rings is 2. The number of amides is 1. The summed E-state index contributed by atoms with van der Waals surface area (Å²) < 4.78 is 26.7. The molecule has 0 unspecified atom stereocenters. The van der Waals surface area contributed by atoms with Crippen molar-refractivity contribution in [2.24, 2.45) is 5.92 Å². The molecular formula is C29H32F2N4O2. The van der Waals surface area contributed by atoms with Crippen LogP contribution in [0.25, 0.3) is 10.9 Å². The van der Waals surface area contributed by atoms with Gasteiger partial charge in [0, 0.05) is 49.4 Å². The van der Waals surface area contributed by atoms with Crippen LogP contribution in [-0.4, -0.2) is 66.2 Å². The SMILES string of the molecule is [C-]#[N+]c1ccc2c(c1)NCC21CCN(C[C@@H](O)C2CCN(C(=O)C=Cc3cc(F)cc(F)c3)CC2)CC1. The van der Waals surface area contributed by atoms with Crippen LogP contribution in [0.1, 0.15) is 36.8 Å². The summed E-state index contributed by atoms with van der Waals surface area (Å²) in [6.45, 7) is 11.7. The molecule has 2 aromatic rings. The van der Waals surface area contributed by atoms with Gasteiger partial charge >= 0.3 is 0 Å². The molecule has 1 atom stereocenters. The van der Waals surface area contributed by atoms with Crippen molar-refractivity contribution in [2.45, 2.75) is 37.2 Å². The van der Waals surface area contributed by atoms with E-state index in [-0.39, 0.29) is 17.2 Å². The van der Waals surface area contributed by atoms with Gasteiger partial charge in [-0.15, -0.1) is 0 Å². The molecule has 2 aromatic carbocycles. The van der Waals surface area contributed by atoms with Crippen molar-refractivity contribution in [3.8, 4) is 0 Å². The highest BCUT2D eigenvalue weighted by Crippen LogP contribution is 2.45. The Labute approximate surface area is 216 Å². The molecule has 3 aliphatic heterocycles. The molecule has 3 heterocycles. The standard InChI is InChI=1S/C29H32F2N4O2/c1-32-24-3-4-25-26(17-24)33-19-29(25)8-12-34(13-9-29)18-27(36)21-6-10-35(11-7-21)28(37)5-2-20-14-22(30)16-23(31)15-20/h2-5,14-17,21,27,33,36H,6-13,18-19H2/t27-/m1/s1. The van der Waals surface area contributed by atoms with Crippen molar-refractivity contribution >= 4 is 23.4 Å². The van der Waals surface area contributed by atoms with E-state index in [4.69, 9.17) is 6.57 Å². The number of aliphatic hydroxyl groups is 1. The Kier molecular flexibility index (Phi) is 7.27. The maximum atomic E-state index is 13.3. The maximum absolute atomic E-state index is 13.3. The number of nitrogens with zero attached hydrogens (tertiary/aromatic N) is 3. The Hall–Kier alpha value is -3.28. The number of aliphatic hydroxyl groups excluding tert-OH is 1. The van der Waals surface area contributed by atoms with E-state index in [0.717, 1.165) is 57.1 Å². The van der Waals surface area contributed by atoms with Crippen LogP contribution in [-0.2, 0) is 10.2 Å². The van der Waals surface area contributed by atoms with Crippen LogP contribution in [0.5, 0.6) is 0 Å². The molecule has 0 aromatic heterocycles. The second-order valence-corrected chi connectivity index (χ2v) is 10.5. The molecule has 2 N–H and O–H groups in total. The van der Waals surface area contributed by atoms with Gasteiger partial charge in [-0.05, 0) is 80.1 Å². The number of hydrogen-bond acceptors (Lipinski definition) is 4. The van der Waals surface area contributed by atoms with Crippen LogP contribution < -0.4 is 5.32 Å². The van der Waals surface area contributed by atoms with Crippen molar-refractivity contribution in [1.82, 2.24) is 9.80 Å². The molecule has 37 heavy (non-hydrogen) atoms. The lowest BCUT2D eigenvalue weighted by Crippen LogP contribution is -2.48. The molecule has 2 saturated heterocycles. The molecule has 0 bridgehead atoms. The van der Waals surface area contributed by atoms with Gasteiger partial charge in [0.1, 0.15) is 11.6 Å². The number of anilines is 1. The molecule has 2 fully saturated rings. The quantitative estimate of drug-likeness (QED) is 0.460. The number of carbonyl (C=O) groups is 1. The zero-order valence-electron chi connectivity index (χ0n) is 20.8. The first kappa shape index (κ1) is 25.4. The minimum absolute atomic E-state index is 0.105. The van der Waals surface area contributed by atoms with Crippen LogP contribution >= 0.6 is 0 Å². The van der Waals surface area contributed by atoms with Crippen molar-refractivity contribution in [3.63, 3.8) is 0 Å². The highest BCUT2D eigenvalue weighted by molar-refractivity contribution is 5.91. The summed E-state index contributed by atoms with van der Waals surface area (Å²) in [6.07, 6.45) is 5.85. The van der Waals surface area contributed by atoms with E-state index in [9.17, 15) is 18.7 Å². The molecule has 6 nitrogen and oxygen atoms in total. The van der Waals surface area contributed by atoms with Crippen LogP contribution in [0.4, 0.5) is 20.2 Å². The molecule has 8 heteroatoms. The Bertz CT molecular complexity index is 1200. The van der Waals surface area contributed by atoms with Crippen LogP contribution in [0.2, 0.25) is 0 Å². The molecule has 5 rings (SSSR count). The highest BCUT2D eigenvalue weighted by atomic mass is 19.1. The number of hydrogen-bond donors (Lipinski definition) is 2. The molecule has 0 saturated carbocycles. The lowest BCUT2D eigenvalue weighted by Gasteiger charge is -2.41. The number of carbonyl (C=O) groups excluding carboxylic acids is 1. The molecule has 0 aliphatic carbocycles. The van der Waals surface area contributed by atoms with Gasteiger partial charge in [-0.1, -0.05) is 12.1 Å². The molecule has 1 amide bonds. The number of fused-ring (bicyclic) bond motifs is 2. The predicted octanol–water partition coefficient (Wildman–Crippen LogP) is 4.59. The fourth-order valence-corrected chi connectivity index (χ4v) is 6.04. The van der Waals surface area contributed by atoms with E-state index in [1.165, 1.54) is 29.8 Å². The number of β-amino-alcohol motifs (C(OH)–C–C–N with tert-alkyl or cyclic N) is 1. The monoisotopic (exact) mass is 506 g/mol. The Morgan fingerprint density at radius 2 is 1.84 bits per heavy atom. The number of rotatable bonds is 5. The first-order valence-corrected chi connectivity index (χ1v) is 12.9. The fourth-order valence-electron chi connectivity index (χ4n) is 6.04. The Morgan fingerprint density at radius 1 is 1.14 bits per heavy atom. The maximum Gasteiger partial charge on any atom is 0.246 e. The average molecular weight is 507 g/mol. The minimum atomic E-state index is -0.675. The van der Waals surface area contributed by atoms with Gasteiger partial charge < -0.3 is 20.2 Å². The summed E-state index contributed by atoms with van der Waals surface area (Å²) >= 11 is 0. The zero-order valence-corrected chi connectivity index (χ0v) is 20.8. The summed E-state index contributed by atoms with van der Waals surface area (Å²) in [5, 5.41) is 14.5. The number of likely N-dealkylation sites (tertiary alicyclic amines) is 2. The van der Waals surface area contributed by atoms with Gasteiger partial charge in [0.05, 0.1) is 12.7 Å². The van der Waals surface area contributed by atoms with Gasteiger partial charge in [-0.25, -0.2) is 13.6 Å². The Balaban J connectivity index is 1.08. The third-order valence-corrected chi connectivity index (χ3v) is 8.28. The van der Waals surface area contributed by atoms with E-state index in [2.05, 4.69) is 21.1 Å². The van der Waals surface area contributed by atoms with Gasteiger partial charge in [-0.2, -0.15) is 0 Å². The zero-order chi connectivity index (χ0) is 26.0. The van der Waals surface area contributed by atoms with E-state index < -0.39 is 17.7 Å². The lowest BCUT2D eigenvalue weighted by molar-refractivity contribution is -0.128. The Morgan fingerprint density at radius 3 is 2.51 bits per heavy atom. The third kappa shape index (κ3) is 5.53.